The molecule has 10 rings (SSSR count). The third-order valence-electron chi connectivity index (χ3n) is 13.7. The quantitative estimate of drug-likeness (QED) is 0.160. The van der Waals surface area contributed by atoms with E-state index in [9.17, 15) is 0 Å². The van der Waals surface area contributed by atoms with Gasteiger partial charge in [0.1, 0.15) is 0 Å². The second kappa shape index (κ2) is 15.3. The predicted octanol–water partition coefficient (Wildman–Crippen LogP) is 15.6. The van der Waals surface area contributed by atoms with Crippen LogP contribution in [0.15, 0.2) is 158 Å². The van der Waals surface area contributed by atoms with Crippen LogP contribution in [0.4, 0.5) is 50.5 Å². The maximum atomic E-state index is 2.61. The van der Waals surface area contributed by atoms with E-state index in [0.29, 0.717) is 0 Å². The molecule has 0 spiro atoms. The summed E-state index contributed by atoms with van der Waals surface area (Å²) in [5.41, 5.74) is 18.8. The Balaban J connectivity index is 1.32. The standard InChI is InChI=1S/C60H62BN3S/c1-57(2,3)39-23-28-45(29-24-39)63-50-38-47(62(43-19-15-13-16-20-43)44-21-17-14-18-22-44)32-33-49(50)61-54-48-35-41(59(7,8)9)27-34-53(48)65-56(54)64(46-30-25-40(26-31-46)58(4,5)6)52-37-42(60(10,11)12)36-51(63)55(52)61/h13-38H,1-12H3. The first-order valence-corrected chi connectivity index (χ1v) is 24.2. The minimum Gasteiger partial charge on any atom is -0.311 e. The second-order valence-electron chi connectivity index (χ2n) is 22.4. The monoisotopic (exact) mass is 867 g/mol. The van der Waals surface area contributed by atoms with Crippen LogP contribution in [0.5, 0.6) is 0 Å². The molecule has 0 aliphatic carbocycles. The van der Waals surface area contributed by atoms with Crippen LogP contribution in [0, 0.1) is 0 Å². The fourth-order valence-electron chi connectivity index (χ4n) is 9.90. The maximum absolute atomic E-state index is 2.61. The molecule has 7 aromatic carbocycles. The van der Waals surface area contributed by atoms with E-state index in [-0.39, 0.29) is 28.4 Å². The highest BCUT2D eigenvalue weighted by molar-refractivity contribution is 7.26. The number of rotatable bonds is 5. The number of para-hydroxylation sites is 2. The summed E-state index contributed by atoms with van der Waals surface area (Å²) in [6.45, 7) is 27.9. The van der Waals surface area contributed by atoms with Gasteiger partial charge in [0.15, 0.2) is 0 Å². The van der Waals surface area contributed by atoms with Gasteiger partial charge in [-0.3, -0.25) is 0 Å². The number of benzene rings is 7. The van der Waals surface area contributed by atoms with Crippen LogP contribution in [0.1, 0.15) is 105 Å². The smallest absolute Gasteiger partial charge is 0.254 e. The molecule has 8 aromatic rings. The van der Waals surface area contributed by atoms with Gasteiger partial charge in [-0.15, -0.1) is 11.3 Å². The third kappa shape index (κ3) is 7.46. The third-order valence-corrected chi connectivity index (χ3v) is 14.8. The SMILES string of the molecule is CC(C)(C)c1ccc(N2c3cc(N(c4ccccc4)c4ccccc4)ccc3B3c4c2cc(C(C)(C)C)cc4N(c2ccc(C(C)(C)C)cc2)c2sc4ccc(C(C)(C)C)cc4c23)cc1. The topological polar surface area (TPSA) is 9.72 Å². The van der Waals surface area contributed by atoms with E-state index in [4.69, 9.17) is 0 Å². The van der Waals surface area contributed by atoms with Crippen LogP contribution in [-0.2, 0) is 21.7 Å². The lowest BCUT2D eigenvalue weighted by atomic mass is 9.33. The second-order valence-corrected chi connectivity index (χ2v) is 23.4. The Morgan fingerprint density at radius 3 is 1.38 bits per heavy atom. The van der Waals surface area contributed by atoms with Crippen LogP contribution in [0.25, 0.3) is 10.1 Å². The maximum Gasteiger partial charge on any atom is 0.254 e. The van der Waals surface area contributed by atoms with Gasteiger partial charge in [0.25, 0.3) is 6.71 Å². The molecule has 3 heterocycles. The van der Waals surface area contributed by atoms with Crippen molar-refractivity contribution in [1.82, 2.24) is 0 Å². The summed E-state index contributed by atoms with van der Waals surface area (Å²) in [5.74, 6) is 0. The number of hydrogen-bond donors (Lipinski definition) is 0. The van der Waals surface area contributed by atoms with Crippen molar-refractivity contribution in [3.8, 4) is 0 Å². The summed E-state index contributed by atoms with van der Waals surface area (Å²) >= 11 is 1.94. The highest BCUT2D eigenvalue weighted by Crippen LogP contribution is 2.50. The number of nitrogens with zero attached hydrogens (tertiary/aromatic N) is 3. The van der Waals surface area contributed by atoms with E-state index in [1.165, 1.54) is 76.5 Å². The van der Waals surface area contributed by atoms with Gasteiger partial charge in [0.05, 0.1) is 5.00 Å². The van der Waals surface area contributed by atoms with Gasteiger partial charge < -0.3 is 14.7 Å². The van der Waals surface area contributed by atoms with E-state index in [1.807, 2.05) is 11.3 Å². The molecular weight excluding hydrogens is 806 g/mol. The normalized spacial score (nSPS) is 13.8. The van der Waals surface area contributed by atoms with E-state index < -0.39 is 0 Å². The highest BCUT2D eigenvalue weighted by Gasteiger charge is 2.46. The fraction of sp³-hybridized carbons (Fsp3) is 0.267. The first-order valence-electron chi connectivity index (χ1n) is 23.4. The number of fused-ring (bicyclic) bond motifs is 6. The number of anilines is 9. The first-order chi connectivity index (χ1) is 30.8. The molecule has 0 saturated heterocycles. The zero-order valence-corrected chi connectivity index (χ0v) is 41.2. The molecule has 2 aliphatic heterocycles. The average Bonchev–Trinajstić information content (AvgIpc) is 3.64. The molecule has 65 heavy (non-hydrogen) atoms. The molecule has 0 bridgehead atoms. The molecule has 0 fully saturated rings. The van der Waals surface area contributed by atoms with E-state index >= 15 is 0 Å². The van der Waals surface area contributed by atoms with Crippen molar-refractivity contribution in [2.45, 2.75) is 105 Å². The summed E-state index contributed by atoms with van der Waals surface area (Å²) in [6, 6.07) is 60.0. The van der Waals surface area contributed by atoms with Crippen molar-refractivity contribution in [2.24, 2.45) is 0 Å². The predicted molar refractivity (Wildman–Crippen MR) is 285 cm³/mol. The summed E-state index contributed by atoms with van der Waals surface area (Å²) in [4.78, 5) is 7.60. The molecule has 0 saturated carbocycles. The van der Waals surface area contributed by atoms with Crippen LogP contribution in [-0.4, -0.2) is 6.71 Å². The molecule has 5 heteroatoms. The Hall–Kier alpha value is -6.04. The summed E-state index contributed by atoms with van der Waals surface area (Å²) in [6.07, 6.45) is 0. The average molecular weight is 868 g/mol. The van der Waals surface area contributed by atoms with Crippen molar-refractivity contribution in [2.75, 3.05) is 14.7 Å². The Morgan fingerprint density at radius 2 is 0.877 bits per heavy atom. The van der Waals surface area contributed by atoms with Crippen LogP contribution >= 0.6 is 11.3 Å². The van der Waals surface area contributed by atoms with Gasteiger partial charge in [0, 0.05) is 50.2 Å². The van der Waals surface area contributed by atoms with Gasteiger partial charge in [0.2, 0.25) is 0 Å². The minimum absolute atomic E-state index is 0.00143. The Bertz CT molecular complexity index is 3030. The molecule has 0 radical (unpaired) electrons. The lowest BCUT2D eigenvalue weighted by Crippen LogP contribution is -2.61. The lowest BCUT2D eigenvalue weighted by Gasteiger charge is -2.44. The first kappa shape index (κ1) is 42.9. The molecular formula is C60H62BN3S. The van der Waals surface area contributed by atoms with Crippen LogP contribution < -0.4 is 31.1 Å². The largest absolute Gasteiger partial charge is 0.311 e. The zero-order valence-electron chi connectivity index (χ0n) is 40.3. The summed E-state index contributed by atoms with van der Waals surface area (Å²) < 4.78 is 1.32. The van der Waals surface area contributed by atoms with E-state index in [0.717, 1.165) is 22.7 Å². The minimum atomic E-state index is -0.119. The van der Waals surface area contributed by atoms with Crippen LogP contribution in [0.2, 0.25) is 0 Å². The van der Waals surface area contributed by atoms with Gasteiger partial charge in [-0.25, -0.2) is 0 Å². The number of thiophene rings is 1. The van der Waals surface area contributed by atoms with Crippen molar-refractivity contribution in [3.05, 3.63) is 180 Å². The molecule has 0 N–H and O–H groups in total. The Kier molecular flexibility index (Phi) is 10.1. The summed E-state index contributed by atoms with van der Waals surface area (Å²) in [7, 11) is 0. The van der Waals surface area contributed by atoms with Gasteiger partial charge >= 0.3 is 0 Å². The molecule has 326 valence electrons. The van der Waals surface area contributed by atoms with E-state index in [1.54, 1.807) is 0 Å². The molecule has 1 aromatic heterocycles. The Labute approximate surface area is 392 Å². The van der Waals surface area contributed by atoms with Crippen molar-refractivity contribution < 1.29 is 0 Å². The molecule has 2 aliphatic rings. The number of hydrogen-bond acceptors (Lipinski definition) is 4. The Morgan fingerprint density at radius 1 is 0.400 bits per heavy atom. The van der Waals surface area contributed by atoms with Crippen molar-refractivity contribution in [1.29, 1.82) is 0 Å². The molecule has 0 atom stereocenters. The van der Waals surface area contributed by atoms with Crippen molar-refractivity contribution in [3.63, 3.8) is 0 Å². The van der Waals surface area contributed by atoms with Gasteiger partial charge in [-0.1, -0.05) is 162 Å². The summed E-state index contributed by atoms with van der Waals surface area (Å²) in [5, 5.41) is 2.65. The lowest BCUT2D eigenvalue weighted by molar-refractivity contribution is 0.590. The molecule has 3 nitrogen and oxygen atoms in total. The van der Waals surface area contributed by atoms with Gasteiger partial charge in [-0.05, 0) is 145 Å². The molecule has 0 amide bonds. The van der Waals surface area contributed by atoms with E-state index in [2.05, 4.69) is 256 Å². The fourth-order valence-corrected chi connectivity index (χ4v) is 11.2. The van der Waals surface area contributed by atoms with Crippen molar-refractivity contribution >= 4 is 95.0 Å². The van der Waals surface area contributed by atoms with Gasteiger partial charge in [-0.2, -0.15) is 0 Å². The molecule has 0 unspecified atom stereocenters. The highest BCUT2D eigenvalue weighted by atomic mass is 32.1. The van der Waals surface area contributed by atoms with Crippen LogP contribution in [0.3, 0.4) is 0 Å². The zero-order chi connectivity index (χ0) is 45.8.